The lowest BCUT2D eigenvalue weighted by atomic mass is 10.2. The maximum Gasteiger partial charge on any atom is 0.252 e. The monoisotopic (exact) mass is 410 g/mol. The Balaban J connectivity index is 1.43. The summed E-state index contributed by atoms with van der Waals surface area (Å²) in [5.41, 5.74) is 1.66. The molecule has 1 saturated heterocycles. The number of hydrogen-bond donors (Lipinski definition) is 1. The lowest BCUT2D eigenvalue weighted by Crippen LogP contribution is -2.47. The molecule has 0 aliphatic carbocycles. The fraction of sp³-hybridized carbons (Fsp3) is 0.300. The van der Waals surface area contributed by atoms with Crippen LogP contribution in [0.4, 0.5) is 11.6 Å². The summed E-state index contributed by atoms with van der Waals surface area (Å²) in [6, 6.07) is 11.3. The van der Waals surface area contributed by atoms with Crippen LogP contribution < -0.4 is 20.1 Å². The van der Waals surface area contributed by atoms with Gasteiger partial charge in [0.25, 0.3) is 5.56 Å². The van der Waals surface area contributed by atoms with Crippen LogP contribution >= 0.6 is 11.8 Å². The van der Waals surface area contributed by atoms with Crippen LogP contribution in [0.15, 0.2) is 58.7 Å². The standard InChI is InChI=1S/C20H22N6O2S/c1-28-17-6-3-2-5-16(17)25-9-11-26(12-10-25)19-23-15(13-18(27)24-19)14-29-20-21-7-4-8-22-20/h2-8,13H,9-12,14H2,1H3,(H,23,24,27). The molecule has 1 N–H and O–H groups in total. The molecule has 0 radical (unpaired) electrons. The zero-order chi connectivity index (χ0) is 20.1. The largest absolute Gasteiger partial charge is 0.495 e. The first-order chi connectivity index (χ1) is 14.2. The number of anilines is 2. The second-order valence-corrected chi connectivity index (χ2v) is 7.47. The van der Waals surface area contributed by atoms with Crippen LogP contribution in [-0.4, -0.2) is 53.2 Å². The molecule has 29 heavy (non-hydrogen) atoms. The van der Waals surface area contributed by atoms with Crippen LogP contribution in [0, 0.1) is 0 Å². The Morgan fingerprint density at radius 3 is 2.55 bits per heavy atom. The highest BCUT2D eigenvalue weighted by molar-refractivity contribution is 7.98. The number of aromatic nitrogens is 4. The lowest BCUT2D eigenvalue weighted by Gasteiger charge is -2.36. The summed E-state index contributed by atoms with van der Waals surface area (Å²) in [6.45, 7) is 3.17. The first-order valence-electron chi connectivity index (χ1n) is 9.36. The van der Waals surface area contributed by atoms with Gasteiger partial charge in [-0.05, 0) is 18.2 Å². The minimum atomic E-state index is -0.147. The van der Waals surface area contributed by atoms with E-state index >= 15 is 0 Å². The molecule has 0 unspecified atom stereocenters. The van der Waals surface area contributed by atoms with Crippen molar-refractivity contribution in [2.45, 2.75) is 10.9 Å². The fourth-order valence-corrected chi connectivity index (χ4v) is 3.96. The summed E-state index contributed by atoms with van der Waals surface area (Å²) in [5.74, 6) is 2.03. The van der Waals surface area contributed by atoms with Gasteiger partial charge in [0.05, 0.1) is 18.5 Å². The van der Waals surface area contributed by atoms with E-state index in [0.717, 1.165) is 37.6 Å². The molecule has 8 nitrogen and oxygen atoms in total. The maximum atomic E-state index is 12.1. The van der Waals surface area contributed by atoms with Crippen LogP contribution in [0.3, 0.4) is 0 Å². The van der Waals surface area contributed by atoms with Gasteiger partial charge >= 0.3 is 0 Å². The van der Waals surface area contributed by atoms with E-state index in [1.165, 1.54) is 17.8 Å². The van der Waals surface area contributed by atoms with Gasteiger partial charge in [-0.2, -0.15) is 0 Å². The number of aromatic amines is 1. The minimum Gasteiger partial charge on any atom is -0.495 e. The van der Waals surface area contributed by atoms with Gasteiger partial charge in [-0.3, -0.25) is 9.78 Å². The van der Waals surface area contributed by atoms with Gasteiger partial charge < -0.3 is 14.5 Å². The molecule has 1 aromatic carbocycles. The Labute approximate surface area is 173 Å². The molecule has 4 rings (SSSR count). The van der Waals surface area contributed by atoms with Gasteiger partial charge in [-0.15, -0.1) is 0 Å². The topological polar surface area (TPSA) is 87.2 Å². The summed E-state index contributed by atoms with van der Waals surface area (Å²) in [6.07, 6.45) is 3.40. The first-order valence-corrected chi connectivity index (χ1v) is 10.3. The van der Waals surface area contributed by atoms with E-state index in [0.29, 0.717) is 22.6 Å². The maximum absolute atomic E-state index is 12.1. The Hall–Kier alpha value is -3.07. The van der Waals surface area contributed by atoms with E-state index in [1.54, 1.807) is 25.6 Å². The van der Waals surface area contributed by atoms with Crippen LogP contribution in [-0.2, 0) is 5.75 Å². The van der Waals surface area contributed by atoms with E-state index in [4.69, 9.17) is 4.74 Å². The van der Waals surface area contributed by atoms with Crippen molar-refractivity contribution in [2.75, 3.05) is 43.1 Å². The average Bonchev–Trinajstić information content (AvgIpc) is 2.78. The van der Waals surface area contributed by atoms with Crippen LogP contribution in [0.5, 0.6) is 5.75 Å². The van der Waals surface area contributed by atoms with Gasteiger partial charge in [0, 0.05) is 50.4 Å². The number of nitrogens with zero attached hydrogens (tertiary/aromatic N) is 5. The molecule has 0 saturated carbocycles. The number of ether oxygens (including phenoxy) is 1. The molecule has 0 bridgehead atoms. The second kappa shape index (κ2) is 8.95. The molecule has 2 aromatic heterocycles. The normalized spacial score (nSPS) is 14.1. The lowest BCUT2D eigenvalue weighted by molar-refractivity contribution is 0.413. The molecule has 9 heteroatoms. The van der Waals surface area contributed by atoms with Crippen molar-refractivity contribution in [1.82, 2.24) is 19.9 Å². The summed E-state index contributed by atoms with van der Waals surface area (Å²) >= 11 is 1.46. The minimum absolute atomic E-state index is 0.147. The molecule has 1 aliphatic heterocycles. The van der Waals surface area contributed by atoms with Gasteiger partial charge in [0.2, 0.25) is 5.95 Å². The van der Waals surface area contributed by atoms with Crippen molar-refractivity contribution in [3.63, 3.8) is 0 Å². The summed E-state index contributed by atoms with van der Waals surface area (Å²) in [7, 11) is 1.69. The second-order valence-electron chi connectivity index (χ2n) is 6.53. The number of thioether (sulfide) groups is 1. The van der Waals surface area contributed by atoms with Gasteiger partial charge in [0.1, 0.15) is 5.75 Å². The molecule has 3 heterocycles. The van der Waals surface area contributed by atoms with Crippen molar-refractivity contribution in [1.29, 1.82) is 0 Å². The Morgan fingerprint density at radius 1 is 1.07 bits per heavy atom. The van der Waals surface area contributed by atoms with E-state index in [2.05, 4.69) is 35.8 Å². The third kappa shape index (κ3) is 4.68. The molecule has 3 aromatic rings. The van der Waals surface area contributed by atoms with Crippen molar-refractivity contribution >= 4 is 23.4 Å². The first kappa shape index (κ1) is 19.3. The Bertz CT molecular complexity index is 1010. The average molecular weight is 411 g/mol. The zero-order valence-electron chi connectivity index (χ0n) is 16.1. The zero-order valence-corrected chi connectivity index (χ0v) is 16.9. The molecule has 1 fully saturated rings. The Morgan fingerprint density at radius 2 is 1.79 bits per heavy atom. The van der Waals surface area contributed by atoms with Crippen molar-refractivity contribution < 1.29 is 4.74 Å². The number of rotatable bonds is 6. The number of nitrogens with one attached hydrogen (secondary N) is 1. The van der Waals surface area contributed by atoms with Crippen LogP contribution in [0.1, 0.15) is 5.69 Å². The third-order valence-corrected chi connectivity index (χ3v) is 5.59. The highest BCUT2D eigenvalue weighted by Crippen LogP contribution is 2.28. The van der Waals surface area contributed by atoms with Gasteiger partial charge in [0.15, 0.2) is 5.16 Å². The van der Waals surface area contributed by atoms with Crippen molar-refractivity contribution in [3.05, 3.63) is 64.8 Å². The molecular formula is C20H22N6O2S. The molecule has 0 spiro atoms. The highest BCUT2D eigenvalue weighted by Gasteiger charge is 2.21. The predicted octanol–water partition coefficient (Wildman–Crippen LogP) is 2.19. The Kier molecular flexibility index (Phi) is 5.95. The fourth-order valence-electron chi connectivity index (χ4n) is 3.27. The number of para-hydroxylation sites is 2. The van der Waals surface area contributed by atoms with E-state index in [1.807, 2.05) is 18.2 Å². The number of benzene rings is 1. The number of methoxy groups -OCH3 is 1. The van der Waals surface area contributed by atoms with Crippen molar-refractivity contribution in [2.24, 2.45) is 0 Å². The van der Waals surface area contributed by atoms with Gasteiger partial charge in [-0.1, -0.05) is 23.9 Å². The SMILES string of the molecule is COc1ccccc1N1CCN(c2nc(CSc3ncccn3)cc(=O)[nH]2)CC1. The van der Waals surface area contributed by atoms with Crippen LogP contribution in [0.2, 0.25) is 0 Å². The number of piperazine rings is 1. The molecule has 0 amide bonds. The quantitative estimate of drug-likeness (QED) is 0.489. The van der Waals surface area contributed by atoms with Gasteiger partial charge in [-0.25, -0.2) is 15.0 Å². The van der Waals surface area contributed by atoms with E-state index in [9.17, 15) is 4.79 Å². The van der Waals surface area contributed by atoms with Crippen LogP contribution in [0.25, 0.3) is 0 Å². The molecule has 1 aliphatic rings. The smallest absolute Gasteiger partial charge is 0.252 e. The third-order valence-electron chi connectivity index (χ3n) is 4.68. The van der Waals surface area contributed by atoms with Crippen molar-refractivity contribution in [3.8, 4) is 5.75 Å². The number of H-pyrrole nitrogens is 1. The summed E-state index contributed by atoms with van der Waals surface area (Å²) < 4.78 is 5.48. The highest BCUT2D eigenvalue weighted by atomic mass is 32.2. The van der Waals surface area contributed by atoms with E-state index in [-0.39, 0.29) is 5.56 Å². The molecule has 0 atom stereocenters. The predicted molar refractivity (Wildman–Crippen MR) is 114 cm³/mol. The van der Waals surface area contributed by atoms with E-state index < -0.39 is 0 Å². The molecule has 150 valence electrons. The molecular weight excluding hydrogens is 388 g/mol. The summed E-state index contributed by atoms with van der Waals surface area (Å²) in [4.78, 5) is 32.5. The number of hydrogen-bond acceptors (Lipinski definition) is 8. The summed E-state index contributed by atoms with van der Waals surface area (Å²) in [5, 5.41) is 0.668.